The molecule has 35 heavy (non-hydrogen) atoms. The maximum atomic E-state index is 11.0. The van der Waals surface area contributed by atoms with E-state index in [2.05, 4.69) is 17.2 Å². The Hall–Kier alpha value is -3.59. The van der Waals surface area contributed by atoms with E-state index in [0.717, 1.165) is 11.1 Å². The third-order valence-corrected chi connectivity index (χ3v) is 5.10. The first kappa shape index (κ1) is 29.4. The van der Waals surface area contributed by atoms with Gasteiger partial charge in [0.05, 0.1) is 12.2 Å². The fraction of sp³-hybridized carbons (Fsp3) is 0.231. The normalized spacial score (nSPS) is 12.8. The number of hydrogen-bond acceptors (Lipinski definition) is 7. The molecule has 0 fully saturated rings. The average Bonchev–Trinajstić information content (AvgIpc) is 2.85. The van der Waals surface area contributed by atoms with Gasteiger partial charge in [0.15, 0.2) is 5.78 Å². The zero-order valence-corrected chi connectivity index (χ0v) is 20.9. The zero-order chi connectivity index (χ0) is 26.4. The van der Waals surface area contributed by atoms with Crippen molar-refractivity contribution in [1.29, 1.82) is 0 Å². The minimum Gasteiger partial charge on any atom is -0.505 e. The second-order valence-corrected chi connectivity index (χ2v) is 7.51. The van der Waals surface area contributed by atoms with E-state index in [9.17, 15) is 15.0 Å². The number of hydrazine groups is 1. The topological polar surface area (TPSA) is 143 Å². The number of amidine groups is 1. The molecule has 0 saturated carbocycles. The van der Waals surface area contributed by atoms with Gasteiger partial charge in [0.1, 0.15) is 28.5 Å². The maximum absolute atomic E-state index is 11.0. The number of ether oxygens (including phenoxy) is 1. The van der Waals surface area contributed by atoms with Crippen LogP contribution in [-0.2, 0) is 0 Å². The van der Waals surface area contributed by atoms with Gasteiger partial charge in [-0.1, -0.05) is 67.6 Å². The predicted octanol–water partition coefficient (Wildman–Crippen LogP) is 4.55. The van der Waals surface area contributed by atoms with Gasteiger partial charge in [-0.25, -0.2) is 11.4 Å². The molecule has 0 aliphatic heterocycles. The highest BCUT2D eigenvalue weighted by Gasteiger charge is 2.14. The number of nitrogens with zero attached hydrogens (tertiary/aromatic N) is 1. The number of aliphatic hydroxyl groups excluding tert-OH is 1. The van der Waals surface area contributed by atoms with E-state index in [1.165, 1.54) is 13.0 Å². The Morgan fingerprint density at radius 2 is 1.91 bits per heavy atom. The molecule has 188 valence electrons. The summed E-state index contributed by atoms with van der Waals surface area (Å²) in [6, 6.07) is 12.4. The van der Waals surface area contributed by atoms with Crippen LogP contribution >= 0.6 is 11.6 Å². The molecule has 2 rings (SSSR count). The van der Waals surface area contributed by atoms with Crippen molar-refractivity contribution in [2.75, 3.05) is 6.61 Å². The molecule has 0 aromatic heterocycles. The van der Waals surface area contributed by atoms with Crippen LogP contribution < -0.4 is 21.8 Å². The van der Waals surface area contributed by atoms with Gasteiger partial charge in [-0.2, -0.15) is 0 Å². The maximum Gasteiger partial charge on any atom is 0.163 e. The van der Waals surface area contributed by atoms with Crippen LogP contribution in [0.2, 0.25) is 5.02 Å². The number of phenols is 1. The number of rotatable bonds is 10. The van der Waals surface area contributed by atoms with E-state index >= 15 is 0 Å². The van der Waals surface area contributed by atoms with Crippen molar-refractivity contribution in [3.8, 4) is 11.5 Å². The highest BCUT2D eigenvalue weighted by Crippen LogP contribution is 2.36. The van der Waals surface area contributed by atoms with E-state index in [1.807, 2.05) is 44.2 Å². The average molecular weight is 501 g/mol. The number of nitrogens with two attached hydrogens (primary N) is 2. The molecule has 8 nitrogen and oxygen atoms in total. The lowest BCUT2D eigenvalue weighted by molar-refractivity contribution is 0.101. The Morgan fingerprint density at radius 1 is 1.26 bits per heavy atom. The highest BCUT2D eigenvalue weighted by atomic mass is 35.5. The van der Waals surface area contributed by atoms with E-state index in [4.69, 9.17) is 27.9 Å². The first-order valence-corrected chi connectivity index (χ1v) is 11.3. The number of carbonyl (C=O) groups excluding carboxylic acids is 1. The summed E-state index contributed by atoms with van der Waals surface area (Å²) in [6.07, 6.45) is 5.07. The van der Waals surface area contributed by atoms with Gasteiger partial charge >= 0.3 is 0 Å². The summed E-state index contributed by atoms with van der Waals surface area (Å²) in [5, 5.41) is 23.9. The Morgan fingerprint density at radius 3 is 2.43 bits per heavy atom. The Bertz CT molecular complexity index is 1080. The molecule has 0 aliphatic rings. The second kappa shape index (κ2) is 15.3. The molecule has 0 saturated heterocycles. The van der Waals surface area contributed by atoms with Gasteiger partial charge in [-0.05, 0) is 55.2 Å². The zero-order valence-electron chi connectivity index (χ0n) is 20.2. The number of phenolic OH excluding ortho intramolecular Hbond substituents is 1. The molecule has 2 aromatic carbocycles. The number of allylic oxidation sites excluding steroid dienone is 2. The number of ketones is 1. The lowest BCUT2D eigenvalue weighted by atomic mass is 9.98. The molecular weight excluding hydrogens is 468 g/mol. The van der Waals surface area contributed by atoms with E-state index in [-0.39, 0.29) is 28.0 Å². The third kappa shape index (κ3) is 8.94. The van der Waals surface area contributed by atoms with E-state index in [0.29, 0.717) is 24.4 Å². The summed E-state index contributed by atoms with van der Waals surface area (Å²) in [6.45, 7) is 9.27. The number of benzene rings is 2. The number of nitrogens with one attached hydrogen (secondary N) is 1. The number of aliphatic hydroxyl groups is 1. The summed E-state index contributed by atoms with van der Waals surface area (Å²) in [5.41, 5.74) is 10.5. The molecular formula is C26H33ClN4O4. The molecule has 0 bridgehead atoms. The fourth-order valence-electron chi connectivity index (χ4n) is 2.98. The molecule has 1 unspecified atom stereocenters. The fourth-order valence-corrected chi connectivity index (χ4v) is 3.20. The van der Waals surface area contributed by atoms with Crippen LogP contribution in [0.15, 0.2) is 83.5 Å². The number of hydrogen-bond donors (Lipinski definition) is 5. The lowest BCUT2D eigenvalue weighted by Crippen LogP contribution is -2.23. The van der Waals surface area contributed by atoms with Crippen LogP contribution in [0, 0.1) is 0 Å². The van der Waals surface area contributed by atoms with Crippen LogP contribution in [0.25, 0.3) is 0 Å². The van der Waals surface area contributed by atoms with Crippen molar-refractivity contribution in [3.63, 3.8) is 0 Å². The molecule has 0 heterocycles. The quantitative estimate of drug-likeness (QED) is 0.0803. The van der Waals surface area contributed by atoms with Gasteiger partial charge < -0.3 is 20.7 Å². The number of halogens is 1. The lowest BCUT2D eigenvalue weighted by Gasteiger charge is -2.14. The Labute approximate surface area is 211 Å². The van der Waals surface area contributed by atoms with Crippen LogP contribution in [0.5, 0.6) is 11.5 Å². The first-order valence-electron chi connectivity index (χ1n) is 10.9. The second-order valence-electron chi connectivity index (χ2n) is 7.13. The van der Waals surface area contributed by atoms with Crippen molar-refractivity contribution in [2.24, 2.45) is 16.7 Å². The summed E-state index contributed by atoms with van der Waals surface area (Å²) in [7, 11) is 0. The van der Waals surface area contributed by atoms with Crippen molar-refractivity contribution < 1.29 is 19.7 Å². The van der Waals surface area contributed by atoms with Gasteiger partial charge in [-0.3, -0.25) is 4.79 Å². The first-order chi connectivity index (χ1) is 16.7. The molecule has 2 aromatic rings. The monoisotopic (exact) mass is 500 g/mol. The molecule has 7 N–H and O–H groups in total. The smallest absolute Gasteiger partial charge is 0.163 e. The molecule has 9 heteroatoms. The predicted molar refractivity (Wildman–Crippen MR) is 141 cm³/mol. The molecule has 1 atom stereocenters. The van der Waals surface area contributed by atoms with Gasteiger partial charge in [0.2, 0.25) is 0 Å². The molecule has 0 aliphatic carbocycles. The minimum absolute atomic E-state index is 0.0829. The van der Waals surface area contributed by atoms with Crippen LogP contribution in [-0.4, -0.2) is 28.4 Å². The number of hydrazone groups is 1. The highest BCUT2D eigenvalue weighted by molar-refractivity contribution is 6.34. The van der Waals surface area contributed by atoms with Crippen molar-refractivity contribution in [2.45, 2.75) is 33.3 Å². The SMILES string of the molecule is C=C\C=C(/C=C(CC)/C(N)=N/NN)C(O)c1ccccc1.CCOc1ccc(C(C)=O)c(O)c1Cl. The minimum atomic E-state index is -0.760. The van der Waals surface area contributed by atoms with Gasteiger partial charge in [-0.15, -0.1) is 5.10 Å². The summed E-state index contributed by atoms with van der Waals surface area (Å²) in [5.74, 6) is 5.36. The standard InChI is InChI=1S/C16H22N4O.C10H11ClO3/c1-3-8-14(11-12(4-2)16(17)19-20-18)15(21)13-9-6-5-7-10-13;1-3-14-8-5-4-7(6(2)12)10(13)9(8)11/h3,5-11,15,20-21H,1,4,18H2,2H3,(H2,17,19);4-5,13H,3H2,1-2H3/b12-11+,14-8+;. The van der Waals surface area contributed by atoms with Crippen LogP contribution in [0.3, 0.4) is 0 Å². The van der Waals surface area contributed by atoms with Crippen LogP contribution in [0.4, 0.5) is 0 Å². The third-order valence-electron chi connectivity index (χ3n) is 4.74. The summed E-state index contributed by atoms with van der Waals surface area (Å²) in [4.78, 5) is 11.0. The van der Waals surface area contributed by atoms with Crippen molar-refractivity contribution in [1.82, 2.24) is 5.53 Å². The Kier molecular flexibility index (Phi) is 12.9. The number of aromatic hydroxyl groups is 1. The molecule has 0 spiro atoms. The number of Topliss-reactive ketones (excluding diaryl/α,β-unsaturated/α-hetero) is 1. The molecule has 0 radical (unpaired) electrons. The van der Waals surface area contributed by atoms with Crippen LogP contribution in [0.1, 0.15) is 49.2 Å². The van der Waals surface area contributed by atoms with Gasteiger partial charge in [0, 0.05) is 0 Å². The van der Waals surface area contributed by atoms with Crippen molar-refractivity contribution in [3.05, 3.63) is 94.6 Å². The van der Waals surface area contributed by atoms with E-state index in [1.54, 1.807) is 24.3 Å². The number of carbonyl (C=O) groups is 1. The summed E-state index contributed by atoms with van der Waals surface area (Å²) >= 11 is 5.79. The Balaban J connectivity index is 0.000000379. The van der Waals surface area contributed by atoms with E-state index < -0.39 is 6.10 Å². The van der Waals surface area contributed by atoms with Crippen molar-refractivity contribution >= 4 is 23.2 Å². The summed E-state index contributed by atoms with van der Waals surface area (Å²) < 4.78 is 5.15. The van der Waals surface area contributed by atoms with Gasteiger partial charge in [0.25, 0.3) is 0 Å². The molecule has 0 amide bonds. The largest absolute Gasteiger partial charge is 0.505 e.